The zero-order chi connectivity index (χ0) is 10.1. The molecule has 1 radical (unpaired) electrons. The van der Waals surface area contributed by atoms with Crippen molar-refractivity contribution in [3.8, 4) is 0 Å². The van der Waals surface area contributed by atoms with Crippen molar-refractivity contribution in [2.24, 2.45) is 0 Å². The Kier molecular flexibility index (Phi) is 6.78. The van der Waals surface area contributed by atoms with Gasteiger partial charge in [-0.15, -0.1) is 0 Å². The van der Waals surface area contributed by atoms with Crippen LogP contribution in [0.5, 0.6) is 0 Å². The van der Waals surface area contributed by atoms with E-state index in [1.54, 1.807) is 13.2 Å². The second kappa shape index (κ2) is 7.46. The van der Waals surface area contributed by atoms with Gasteiger partial charge in [-0.1, -0.05) is 0 Å². The number of hydrogen-bond acceptors (Lipinski definition) is 4. The highest BCUT2D eigenvalue weighted by Crippen LogP contribution is 1.98. The van der Waals surface area contributed by atoms with E-state index < -0.39 is 0 Å². The minimum atomic E-state index is -0.370. The highest BCUT2D eigenvalue weighted by molar-refractivity contribution is 5.84. The molecule has 0 N–H and O–H groups in total. The van der Waals surface area contributed by atoms with Crippen LogP contribution in [0.2, 0.25) is 0 Å². The summed E-state index contributed by atoms with van der Waals surface area (Å²) in [5, 5.41) is 0. The molecule has 0 bridgehead atoms. The van der Waals surface area contributed by atoms with E-state index in [4.69, 9.17) is 0 Å². The predicted molar refractivity (Wildman–Crippen MR) is 45.8 cm³/mol. The molecule has 0 aromatic heterocycles. The molecule has 0 aromatic rings. The van der Waals surface area contributed by atoms with Crippen molar-refractivity contribution in [3.05, 3.63) is 0 Å². The Morgan fingerprint density at radius 3 is 2.46 bits per heavy atom. The van der Waals surface area contributed by atoms with E-state index >= 15 is 0 Å². The second-order valence-corrected chi connectivity index (χ2v) is 2.49. The molecule has 13 heavy (non-hydrogen) atoms. The average Bonchev–Trinajstić information content (AvgIpc) is 2.12. The van der Waals surface area contributed by atoms with Crippen LogP contribution >= 0.6 is 0 Å². The summed E-state index contributed by atoms with van der Waals surface area (Å²) in [6.45, 7) is 2.04. The summed E-state index contributed by atoms with van der Waals surface area (Å²) < 4.78 is 4.63. The second-order valence-electron chi connectivity index (χ2n) is 2.49. The van der Waals surface area contributed by atoms with Gasteiger partial charge in [-0.05, 0) is 6.92 Å². The standard InChI is InChI=1S/C9H13O4/c1-2-13-9(12)6-5-8(11)4-3-7-10/h2-6H2,1H3. The Balaban J connectivity index is 3.45. The van der Waals surface area contributed by atoms with Gasteiger partial charge in [0.1, 0.15) is 5.78 Å². The molecule has 0 atom stereocenters. The number of Topliss-reactive ketones (excluding diaryl/α,β-unsaturated/α-hetero) is 1. The third kappa shape index (κ3) is 7.18. The summed E-state index contributed by atoms with van der Waals surface area (Å²) in [6.07, 6.45) is 2.16. The monoisotopic (exact) mass is 185 g/mol. The predicted octanol–water partition coefficient (Wildman–Crippen LogP) is 0.789. The zero-order valence-electron chi connectivity index (χ0n) is 7.67. The smallest absolute Gasteiger partial charge is 0.306 e. The maximum atomic E-state index is 10.9. The molecule has 4 heteroatoms. The van der Waals surface area contributed by atoms with Crippen LogP contribution in [0.3, 0.4) is 0 Å². The molecule has 0 saturated carbocycles. The van der Waals surface area contributed by atoms with Gasteiger partial charge < -0.3 is 4.74 Å². The minimum Gasteiger partial charge on any atom is -0.466 e. The lowest BCUT2D eigenvalue weighted by molar-refractivity contribution is -0.144. The quantitative estimate of drug-likeness (QED) is 0.550. The SMILES string of the molecule is CCOC(=O)CCC(=O)CC[C]=O. The van der Waals surface area contributed by atoms with Gasteiger partial charge in [0, 0.05) is 19.3 Å². The number of rotatable bonds is 7. The summed E-state index contributed by atoms with van der Waals surface area (Å²) in [6, 6.07) is 0. The van der Waals surface area contributed by atoms with Gasteiger partial charge >= 0.3 is 5.97 Å². The molecule has 0 fully saturated rings. The number of ketones is 1. The number of carbonyl (C=O) groups excluding carboxylic acids is 3. The summed E-state index contributed by atoms with van der Waals surface area (Å²) in [7, 11) is 0. The molecule has 0 aliphatic heterocycles. The summed E-state index contributed by atoms with van der Waals surface area (Å²) in [5.74, 6) is -0.470. The Hall–Kier alpha value is -1.19. The van der Waals surface area contributed by atoms with E-state index in [0.29, 0.717) is 6.61 Å². The normalized spacial score (nSPS) is 9.31. The summed E-state index contributed by atoms with van der Waals surface area (Å²) in [5.41, 5.74) is 0. The first-order valence-corrected chi connectivity index (χ1v) is 4.23. The minimum absolute atomic E-state index is 0.101. The fourth-order valence-electron chi connectivity index (χ4n) is 0.790. The third-order valence-corrected chi connectivity index (χ3v) is 1.42. The molecular formula is C9H13O4. The Bertz CT molecular complexity index is 186. The van der Waals surface area contributed by atoms with Crippen LogP contribution in [0.15, 0.2) is 0 Å². The topological polar surface area (TPSA) is 60.4 Å². The highest BCUT2D eigenvalue weighted by atomic mass is 16.5. The summed E-state index contributed by atoms with van der Waals surface area (Å²) in [4.78, 5) is 31.5. The van der Waals surface area contributed by atoms with Gasteiger partial charge in [0.05, 0.1) is 13.0 Å². The fourth-order valence-corrected chi connectivity index (χ4v) is 0.790. The molecule has 0 spiro atoms. The first-order chi connectivity index (χ1) is 6.20. The number of carbonyl (C=O) groups is 2. The maximum Gasteiger partial charge on any atom is 0.306 e. The molecule has 0 unspecified atom stereocenters. The lowest BCUT2D eigenvalue weighted by Gasteiger charge is -1.99. The molecule has 0 rings (SSSR count). The van der Waals surface area contributed by atoms with Crippen LogP contribution in [-0.4, -0.2) is 24.6 Å². The van der Waals surface area contributed by atoms with E-state index in [1.165, 1.54) is 0 Å². The van der Waals surface area contributed by atoms with Crippen LogP contribution in [0, 0.1) is 0 Å². The van der Waals surface area contributed by atoms with Crippen LogP contribution < -0.4 is 0 Å². The third-order valence-electron chi connectivity index (χ3n) is 1.42. The van der Waals surface area contributed by atoms with Crippen LogP contribution in [0.4, 0.5) is 0 Å². The summed E-state index contributed by atoms with van der Waals surface area (Å²) >= 11 is 0. The lowest BCUT2D eigenvalue weighted by Crippen LogP contribution is -2.07. The van der Waals surface area contributed by atoms with Crippen LogP contribution in [0.1, 0.15) is 32.6 Å². The van der Waals surface area contributed by atoms with Crippen LogP contribution in [-0.2, 0) is 19.1 Å². The Morgan fingerprint density at radius 1 is 1.23 bits per heavy atom. The van der Waals surface area contributed by atoms with Crippen molar-refractivity contribution in [2.45, 2.75) is 32.6 Å². The van der Waals surface area contributed by atoms with E-state index in [1.807, 2.05) is 0 Å². The molecule has 73 valence electrons. The Labute approximate surface area is 77.3 Å². The lowest BCUT2D eigenvalue weighted by atomic mass is 10.1. The van der Waals surface area contributed by atoms with Crippen molar-refractivity contribution >= 4 is 18.0 Å². The molecular weight excluding hydrogens is 172 g/mol. The van der Waals surface area contributed by atoms with Gasteiger partial charge in [0.25, 0.3) is 0 Å². The van der Waals surface area contributed by atoms with Crippen molar-refractivity contribution in [3.63, 3.8) is 0 Å². The van der Waals surface area contributed by atoms with E-state index in [0.717, 1.165) is 0 Å². The number of esters is 1. The Morgan fingerprint density at radius 2 is 1.92 bits per heavy atom. The van der Waals surface area contributed by atoms with E-state index in [-0.39, 0.29) is 37.4 Å². The van der Waals surface area contributed by atoms with E-state index in [2.05, 4.69) is 4.74 Å². The van der Waals surface area contributed by atoms with Gasteiger partial charge in [-0.25, -0.2) is 0 Å². The molecule has 0 amide bonds. The highest BCUT2D eigenvalue weighted by Gasteiger charge is 2.06. The van der Waals surface area contributed by atoms with Gasteiger partial charge in [-0.3, -0.25) is 14.4 Å². The van der Waals surface area contributed by atoms with Crippen molar-refractivity contribution in [2.75, 3.05) is 6.61 Å². The molecule has 0 heterocycles. The molecule has 0 aliphatic carbocycles. The fraction of sp³-hybridized carbons (Fsp3) is 0.667. The number of hydrogen-bond donors (Lipinski definition) is 0. The zero-order valence-corrected chi connectivity index (χ0v) is 7.67. The van der Waals surface area contributed by atoms with Crippen molar-refractivity contribution < 1.29 is 19.1 Å². The van der Waals surface area contributed by atoms with Gasteiger partial charge in [-0.2, -0.15) is 0 Å². The van der Waals surface area contributed by atoms with Crippen LogP contribution in [0.25, 0.3) is 0 Å². The molecule has 4 nitrogen and oxygen atoms in total. The first-order valence-electron chi connectivity index (χ1n) is 4.23. The molecule has 0 aromatic carbocycles. The molecule has 0 aliphatic rings. The van der Waals surface area contributed by atoms with Crippen molar-refractivity contribution in [1.29, 1.82) is 0 Å². The van der Waals surface area contributed by atoms with Gasteiger partial charge in [0.15, 0.2) is 6.29 Å². The van der Waals surface area contributed by atoms with Gasteiger partial charge in [0.2, 0.25) is 0 Å². The largest absolute Gasteiger partial charge is 0.466 e. The molecule has 0 saturated heterocycles. The number of ether oxygens (including phenoxy) is 1. The van der Waals surface area contributed by atoms with E-state index in [9.17, 15) is 14.4 Å². The first kappa shape index (κ1) is 11.8. The maximum absolute atomic E-state index is 10.9. The van der Waals surface area contributed by atoms with Crippen molar-refractivity contribution in [1.82, 2.24) is 0 Å². The average molecular weight is 185 g/mol.